The van der Waals surface area contributed by atoms with Crippen LogP contribution >= 0.6 is 0 Å². The highest BCUT2D eigenvalue weighted by Gasteiger charge is 2.45. The standard InChI is InChI=1S/C35H61N3O5/c1-6-7-8-9-10-11-12-13-14-15-16-17-18-19-20-22-30(39)37-25-21-26-38(28-27-37)31(40)23-24-36-33(41)32-34(2,3)29-42-35(4,5)43-32/h13-14,21,26,32H,6-12,15-20,22-25,27-29H2,1-5H3,(H,36,41). The average molecular weight is 604 g/mol. The van der Waals surface area contributed by atoms with Crippen LogP contribution in [-0.2, 0) is 23.9 Å². The maximum Gasteiger partial charge on any atom is 0.249 e. The van der Waals surface area contributed by atoms with Gasteiger partial charge in [0.05, 0.1) is 6.61 Å². The van der Waals surface area contributed by atoms with E-state index in [2.05, 4.69) is 24.4 Å². The molecule has 0 spiro atoms. The molecule has 2 rings (SSSR count). The van der Waals surface area contributed by atoms with Gasteiger partial charge in [-0.3, -0.25) is 14.4 Å². The van der Waals surface area contributed by atoms with Crippen LogP contribution in [0.5, 0.6) is 0 Å². The predicted octanol–water partition coefficient (Wildman–Crippen LogP) is 6.89. The van der Waals surface area contributed by atoms with Crippen LogP contribution in [-0.4, -0.2) is 72.2 Å². The minimum atomic E-state index is -0.822. The van der Waals surface area contributed by atoms with Crippen LogP contribution < -0.4 is 5.32 Å². The molecule has 8 heteroatoms. The van der Waals surface area contributed by atoms with E-state index in [9.17, 15) is 14.4 Å². The zero-order valence-corrected chi connectivity index (χ0v) is 28.0. The zero-order chi connectivity index (χ0) is 31.6. The van der Waals surface area contributed by atoms with Crippen LogP contribution in [0.4, 0.5) is 0 Å². The van der Waals surface area contributed by atoms with Crippen molar-refractivity contribution in [2.75, 3.05) is 32.8 Å². The van der Waals surface area contributed by atoms with Crippen LogP contribution in [0, 0.1) is 5.41 Å². The van der Waals surface area contributed by atoms with Crippen molar-refractivity contribution in [3.63, 3.8) is 0 Å². The largest absolute Gasteiger partial charge is 0.353 e. The van der Waals surface area contributed by atoms with Gasteiger partial charge in [-0.25, -0.2) is 0 Å². The van der Waals surface area contributed by atoms with Gasteiger partial charge in [-0.15, -0.1) is 0 Å². The van der Waals surface area contributed by atoms with Gasteiger partial charge in [-0.1, -0.05) is 84.3 Å². The molecule has 0 aliphatic carbocycles. The number of unbranched alkanes of at least 4 members (excludes halogenated alkanes) is 11. The Morgan fingerprint density at radius 3 is 2.14 bits per heavy atom. The van der Waals surface area contributed by atoms with Gasteiger partial charge in [0.25, 0.3) is 0 Å². The fraction of sp³-hybridized carbons (Fsp3) is 0.800. The van der Waals surface area contributed by atoms with E-state index in [4.69, 9.17) is 9.47 Å². The summed E-state index contributed by atoms with van der Waals surface area (Å²) < 4.78 is 11.6. The number of amides is 3. The number of nitrogens with one attached hydrogen (secondary N) is 1. The van der Waals surface area contributed by atoms with Gasteiger partial charge in [0.1, 0.15) is 6.10 Å². The predicted molar refractivity (Wildman–Crippen MR) is 173 cm³/mol. The summed E-state index contributed by atoms with van der Waals surface area (Å²) in [5, 5.41) is 2.86. The van der Waals surface area contributed by atoms with Gasteiger partial charge in [0, 0.05) is 50.6 Å². The first-order valence-corrected chi connectivity index (χ1v) is 17.0. The molecular formula is C35H61N3O5. The molecular weight excluding hydrogens is 542 g/mol. The summed E-state index contributed by atoms with van der Waals surface area (Å²) >= 11 is 0. The van der Waals surface area contributed by atoms with Crippen molar-refractivity contribution in [1.29, 1.82) is 0 Å². The number of hydrogen-bond acceptors (Lipinski definition) is 5. The summed E-state index contributed by atoms with van der Waals surface area (Å²) in [6, 6.07) is 0. The number of rotatable bonds is 19. The first kappa shape index (κ1) is 37.0. The molecule has 8 nitrogen and oxygen atoms in total. The van der Waals surface area contributed by atoms with Crippen molar-refractivity contribution in [1.82, 2.24) is 15.1 Å². The molecule has 2 heterocycles. The van der Waals surface area contributed by atoms with E-state index in [1.165, 1.54) is 64.2 Å². The first-order valence-electron chi connectivity index (χ1n) is 17.0. The number of hydrogen-bond donors (Lipinski definition) is 1. The fourth-order valence-electron chi connectivity index (χ4n) is 5.49. The average Bonchev–Trinajstić information content (AvgIpc) is 3.23. The molecule has 2 aliphatic heterocycles. The van der Waals surface area contributed by atoms with E-state index in [1.54, 1.807) is 24.9 Å². The first-order chi connectivity index (χ1) is 20.6. The molecule has 246 valence electrons. The third-order valence-corrected chi connectivity index (χ3v) is 8.33. The number of allylic oxidation sites excluding steroid dienone is 2. The molecule has 43 heavy (non-hydrogen) atoms. The molecule has 0 aromatic carbocycles. The second-order valence-corrected chi connectivity index (χ2v) is 13.4. The van der Waals surface area contributed by atoms with Crippen molar-refractivity contribution in [2.24, 2.45) is 5.41 Å². The van der Waals surface area contributed by atoms with Crippen LogP contribution in [0.3, 0.4) is 0 Å². The summed E-state index contributed by atoms with van der Waals surface area (Å²) in [4.78, 5) is 41.9. The lowest BCUT2D eigenvalue weighted by molar-refractivity contribution is -0.304. The van der Waals surface area contributed by atoms with Crippen molar-refractivity contribution in [3.8, 4) is 0 Å². The summed E-state index contributed by atoms with van der Waals surface area (Å²) in [6.45, 7) is 11.9. The Kier molecular flexibility index (Phi) is 17.2. The van der Waals surface area contributed by atoms with Gasteiger partial charge >= 0.3 is 0 Å². The minimum Gasteiger partial charge on any atom is -0.353 e. The van der Waals surface area contributed by atoms with Crippen LogP contribution in [0.25, 0.3) is 0 Å². The summed E-state index contributed by atoms with van der Waals surface area (Å²) in [6.07, 6.45) is 24.6. The maximum atomic E-state index is 12.8. The quantitative estimate of drug-likeness (QED) is 0.128. The maximum absolute atomic E-state index is 12.8. The normalized spacial score (nSPS) is 19.9. The van der Waals surface area contributed by atoms with Gasteiger partial charge in [0.2, 0.25) is 17.7 Å². The van der Waals surface area contributed by atoms with Gasteiger partial charge < -0.3 is 24.6 Å². The summed E-state index contributed by atoms with van der Waals surface area (Å²) in [5.74, 6) is -0.966. The van der Waals surface area contributed by atoms with E-state index in [1.807, 2.05) is 24.8 Å². The topological polar surface area (TPSA) is 88.2 Å². The Morgan fingerprint density at radius 2 is 1.47 bits per heavy atom. The molecule has 2 aliphatic rings. The Bertz CT molecular complexity index is 898. The number of carbonyl (C=O) groups is 3. The molecule has 0 saturated carbocycles. The smallest absolute Gasteiger partial charge is 0.249 e. The Morgan fingerprint density at radius 1 is 0.837 bits per heavy atom. The fourth-order valence-corrected chi connectivity index (χ4v) is 5.49. The van der Waals surface area contributed by atoms with Crippen molar-refractivity contribution in [2.45, 2.75) is 143 Å². The van der Waals surface area contributed by atoms with Crippen molar-refractivity contribution < 1.29 is 23.9 Å². The highest BCUT2D eigenvalue weighted by Crippen LogP contribution is 2.34. The lowest BCUT2D eigenvalue weighted by Crippen LogP contribution is -2.56. The highest BCUT2D eigenvalue weighted by atomic mass is 16.7. The van der Waals surface area contributed by atoms with E-state index < -0.39 is 17.3 Å². The monoisotopic (exact) mass is 603 g/mol. The highest BCUT2D eigenvalue weighted by molar-refractivity contribution is 5.83. The zero-order valence-electron chi connectivity index (χ0n) is 28.0. The molecule has 1 fully saturated rings. The Labute approximate surface area is 262 Å². The van der Waals surface area contributed by atoms with Crippen molar-refractivity contribution in [3.05, 3.63) is 24.4 Å². The lowest BCUT2D eigenvalue weighted by atomic mass is 9.85. The molecule has 1 unspecified atom stereocenters. The second kappa shape index (κ2) is 20.0. The van der Waals surface area contributed by atoms with Crippen molar-refractivity contribution >= 4 is 17.7 Å². The Balaban J connectivity index is 1.53. The molecule has 1 saturated heterocycles. The summed E-state index contributed by atoms with van der Waals surface area (Å²) in [5.41, 5.74) is -0.461. The molecule has 0 bridgehead atoms. The molecule has 1 atom stereocenters. The van der Waals surface area contributed by atoms with Crippen LogP contribution in [0.2, 0.25) is 0 Å². The van der Waals surface area contributed by atoms with E-state index in [0.29, 0.717) is 32.7 Å². The molecule has 0 aromatic heterocycles. The lowest BCUT2D eigenvalue weighted by Gasteiger charge is -2.44. The number of nitrogens with zero attached hydrogens (tertiary/aromatic N) is 2. The number of carbonyl (C=O) groups excluding carboxylic acids is 3. The Hall–Kier alpha value is -2.19. The second-order valence-electron chi connectivity index (χ2n) is 13.4. The number of ether oxygens (including phenoxy) is 2. The SMILES string of the molecule is CCCCCCCCC=CCCCCCCCC(=O)N1CC=CN(C(=O)CCNC(=O)C2OC(C)(C)OCC2(C)C)CC1. The van der Waals surface area contributed by atoms with Gasteiger partial charge in [-0.05, 0) is 52.0 Å². The molecule has 0 aromatic rings. The van der Waals surface area contributed by atoms with E-state index >= 15 is 0 Å². The van der Waals surface area contributed by atoms with Gasteiger partial charge in [-0.2, -0.15) is 0 Å². The van der Waals surface area contributed by atoms with Crippen LogP contribution in [0.1, 0.15) is 131 Å². The third kappa shape index (κ3) is 14.9. The van der Waals surface area contributed by atoms with E-state index in [0.717, 1.165) is 19.3 Å². The minimum absolute atomic E-state index is 0.0735. The van der Waals surface area contributed by atoms with E-state index in [-0.39, 0.29) is 30.7 Å². The van der Waals surface area contributed by atoms with Crippen LogP contribution in [0.15, 0.2) is 24.4 Å². The summed E-state index contributed by atoms with van der Waals surface area (Å²) in [7, 11) is 0. The molecule has 1 N–H and O–H groups in total. The third-order valence-electron chi connectivity index (χ3n) is 8.33. The van der Waals surface area contributed by atoms with Gasteiger partial charge in [0.15, 0.2) is 5.79 Å². The molecule has 3 amide bonds. The molecule has 0 radical (unpaired) electrons.